The minimum atomic E-state index is -0.171. The molecule has 0 fully saturated rings. The fraction of sp³-hybridized carbons (Fsp3) is 0.263. The van der Waals surface area contributed by atoms with Crippen molar-refractivity contribution in [1.29, 1.82) is 0 Å². The number of halogens is 2. The molecule has 7 heteroatoms. The quantitative estimate of drug-likeness (QED) is 0.690. The first kappa shape index (κ1) is 18.5. The molecule has 0 saturated carbocycles. The third-order valence-electron chi connectivity index (χ3n) is 3.93. The van der Waals surface area contributed by atoms with Gasteiger partial charge in [-0.15, -0.1) is 0 Å². The summed E-state index contributed by atoms with van der Waals surface area (Å²) in [6, 6.07) is 7.57. The monoisotopic (exact) mass is 391 g/mol. The summed E-state index contributed by atoms with van der Waals surface area (Å²) in [5.74, 6) is 0.558. The number of nitrogens with zero attached hydrogens (tertiary/aromatic N) is 2. The van der Waals surface area contributed by atoms with Crippen molar-refractivity contribution in [3.63, 3.8) is 0 Å². The third-order valence-corrected chi connectivity index (χ3v) is 4.41. The molecule has 3 aromatic rings. The molecule has 0 radical (unpaired) electrons. The Morgan fingerprint density at radius 1 is 1.23 bits per heavy atom. The Labute approximate surface area is 161 Å². The third kappa shape index (κ3) is 4.48. The number of carbonyl (C=O) groups excluding carboxylic acids is 1. The molecule has 0 unspecified atom stereocenters. The van der Waals surface area contributed by atoms with Gasteiger partial charge >= 0.3 is 0 Å². The summed E-state index contributed by atoms with van der Waals surface area (Å²) >= 11 is 12.1. The lowest BCUT2D eigenvalue weighted by Gasteiger charge is -2.10. The molecule has 0 aliphatic rings. The number of aryl methyl sites for hydroxylation is 2. The van der Waals surface area contributed by atoms with Gasteiger partial charge in [-0.05, 0) is 37.1 Å². The van der Waals surface area contributed by atoms with E-state index in [0.717, 1.165) is 22.6 Å². The van der Waals surface area contributed by atoms with Crippen molar-refractivity contribution >= 4 is 34.8 Å². The molecule has 136 valence electrons. The van der Waals surface area contributed by atoms with E-state index in [-0.39, 0.29) is 12.5 Å². The second kappa shape index (κ2) is 7.98. The summed E-state index contributed by atoms with van der Waals surface area (Å²) < 4.78 is 7.38. The Morgan fingerprint density at radius 3 is 2.85 bits per heavy atom. The topological polar surface area (TPSA) is 55.6 Å². The van der Waals surface area contributed by atoms with Crippen LogP contribution >= 0.6 is 23.2 Å². The first-order valence-corrected chi connectivity index (χ1v) is 8.97. The molecule has 2 aromatic heterocycles. The highest BCUT2D eigenvalue weighted by Gasteiger charge is 2.08. The first-order chi connectivity index (χ1) is 12.4. The molecular formula is C19H19Cl2N3O2. The molecule has 0 spiro atoms. The van der Waals surface area contributed by atoms with Crippen molar-refractivity contribution in [3.8, 4) is 5.75 Å². The number of hydrogen-bond acceptors (Lipinski definition) is 3. The van der Waals surface area contributed by atoms with Crippen molar-refractivity contribution in [1.82, 2.24) is 14.7 Å². The number of benzene rings is 1. The zero-order chi connectivity index (χ0) is 18.7. The van der Waals surface area contributed by atoms with Crippen molar-refractivity contribution in [2.45, 2.75) is 20.3 Å². The summed E-state index contributed by atoms with van der Waals surface area (Å²) in [6.07, 6.45) is 4.19. The van der Waals surface area contributed by atoms with Crippen LogP contribution in [0.2, 0.25) is 10.0 Å². The van der Waals surface area contributed by atoms with Gasteiger partial charge in [0.15, 0.2) is 12.3 Å². The molecule has 0 bridgehead atoms. The maximum absolute atomic E-state index is 12.0. The van der Waals surface area contributed by atoms with E-state index in [2.05, 4.69) is 10.3 Å². The molecule has 5 nitrogen and oxygen atoms in total. The molecule has 1 N–H and O–H groups in total. The highest BCUT2D eigenvalue weighted by molar-refractivity contribution is 6.36. The Bertz CT molecular complexity index is 953. The van der Waals surface area contributed by atoms with Gasteiger partial charge in [0, 0.05) is 25.4 Å². The second-order valence-electron chi connectivity index (χ2n) is 6.13. The van der Waals surface area contributed by atoms with Gasteiger partial charge in [0.25, 0.3) is 5.91 Å². The van der Waals surface area contributed by atoms with Gasteiger partial charge in [-0.1, -0.05) is 35.3 Å². The van der Waals surface area contributed by atoms with E-state index < -0.39 is 0 Å². The maximum Gasteiger partial charge on any atom is 0.257 e. The van der Waals surface area contributed by atoms with Crippen LogP contribution in [0.25, 0.3) is 5.65 Å². The van der Waals surface area contributed by atoms with E-state index in [1.54, 1.807) is 16.7 Å². The Kier molecular flexibility index (Phi) is 5.69. The highest BCUT2D eigenvalue weighted by Crippen LogP contribution is 2.22. The lowest BCUT2D eigenvalue weighted by molar-refractivity contribution is -0.123. The summed E-state index contributed by atoms with van der Waals surface area (Å²) in [5.41, 5.74) is 3.57. The zero-order valence-electron chi connectivity index (χ0n) is 14.6. The fourth-order valence-corrected chi connectivity index (χ4v) is 3.11. The summed E-state index contributed by atoms with van der Waals surface area (Å²) in [4.78, 5) is 16.4. The molecule has 2 heterocycles. The van der Waals surface area contributed by atoms with Crippen LogP contribution in [0.3, 0.4) is 0 Å². The molecule has 1 aromatic carbocycles. The molecular weight excluding hydrogens is 373 g/mol. The van der Waals surface area contributed by atoms with Crippen LogP contribution in [0, 0.1) is 13.8 Å². The second-order valence-corrected chi connectivity index (χ2v) is 6.97. The van der Waals surface area contributed by atoms with Crippen LogP contribution in [-0.4, -0.2) is 28.4 Å². The number of imidazole rings is 1. The van der Waals surface area contributed by atoms with E-state index >= 15 is 0 Å². The van der Waals surface area contributed by atoms with Crippen molar-refractivity contribution in [3.05, 3.63) is 63.5 Å². The van der Waals surface area contributed by atoms with Gasteiger partial charge in [0.2, 0.25) is 0 Å². The molecule has 1 amide bonds. The minimum absolute atomic E-state index is 0.0170. The van der Waals surface area contributed by atoms with Gasteiger partial charge in [0.05, 0.1) is 15.7 Å². The first-order valence-electron chi connectivity index (χ1n) is 8.22. The molecule has 3 rings (SSSR count). The van der Waals surface area contributed by atoms with E-state index in [9.17, 15) is 4.79 Å². The van der Waals surface area contributed by atoms with Gasteiger partial charge < -0.3 is 14.5 Å². The lowest BCUT2D eigenvalue weighted by Crippen LogP contribution is -2.30. The number of rotatable bonds is 6. The number of ether oxygens (including phenoxy) is 1. The van der Waals surface area contributed by atoms with Crippen molar-refractivity contribution < 1.29 is 9.53 Å². The van der Waals surface area contributed by atoms with Gasteiger partial charge in [-0.2, -0.15) is 0 Å². The number of hydrogen-bond donors (Lipinski definition) is 1. The lowest BCUT2D eigenvalue weighted by atomic mass is 10.1. The van der Waals surface area contributed by atoms with Crippen LogP contribution in [0.15, 0.2) is 36.7 Å². The van der Waals surface area contributed by atoms with E-state index in [4.69, 9.17) is 27.9 Å². The van der Waals surface area contributed by atoms with Crippen LogP contribution in [0.1, 0.15) is 16.8 Å². The SMILES string of the molecule is Cc1ccc(C)c(OCC(=O)NCCc2cn3cc(Cl)cc(Cl)c3n2)c1. The molecule has 0 aliphatic heterocycles. The van der Waals surface area contributed by atoms with Gasteiger partial charge in [0.1, 0.15) is 5.75 Å². The average Bonchev–Trinajstić information content (AvgIpc) is 2.99. The largest absolute Gasteiger partial charge is 0.483 e. The minimum Gasteiger partial charge on any atom is -0.483 e. The number of carbonyl (C=O) groups is 1. The number of pyridine rings is 1. The van der Waals surface area contributed by atoms with Crippen LogP contribution < -0.4 is 10.1 Å². The predicted molar refractivity (Wildman–Crippen MR) is 103 cm³/mol. The van der Waals surface area contributed by atoms with E-state index in [1.165, 1.54) is 0 Å². The number of aromatic nitrogens is 2. The average molecular weight is 392 g/mol. The number of nitrogens with one attached hydrogen (secondary N) is 1. The van der Waals surface area contributed by atoms with Crippen LogP contribution in [-0.2, 0) is 11.2 Å². The summed E-state index contributed by atoms with van der Waals surface area (Å²) in [6.45, 7) is 4.38. The zero-order valence-corrected chi connectivity index (χ0v) is 16.1. The Balaban J connectivity index is 1.51. The van der Waals surface area contributed by atoms with E-state index in [0.29, 0.717) is 28.7 Å². The van der Waals surface area contributed by atoms with Crippen LogP contribution in [0.4, 0.5) is 0 Å². The normalized spacial score (nSPS) is 10.9. The Hall–Kier alpha value is -2.24. The fourth-order valence-electron chi connectivity index (χ4n) is 2.58. The van der Waals surface area contributed by atoms with Gasteiger partial charge in [-0.25, -0.2) is 4.98 Å². The smallest absolute Gasteiger partial charge is 0.257 e. The molecule has 0 atom stereocenters. The highest BCUT2D eigenvalue weighted by atomic mass is 35.5. The molecule has 26 heavy (non-hydrogen) atoms. The predicted octanol–water partition coefficient (Wildman–Crippen LogP) is 4.00. The van der Waals surface area contributed by atoms with E-state index in [1.807, 2.05) is 38.2 Å². The van der Waals surface area contributed by atoms with Crippen LogP contribution in [0.5, 0.6) is 5.75 Å². The molecule has 0 saturated heterocycles. The van der Waals surface area contributed by atoms with Crippen molar-refractivity contribution in [2.24, 2.45) is 0 Å². The van der Waals surface area contributed by atoms with Crippen molar-refractivity contribution in [2.75, 3.05) is 13.2 Å². The summed E-state index contributed by atoms with van der Waals surface area (Å²) in [7, 11) is 0. The standard InChI is InChI=1S/C19H19Cl2N3O2/c1-12-3-4-13(2)17(7-12)26-11-18(25)22-6-5-15-10-24-9-14(20)8-16(21)19(24)23-15/h3-4,7-10H,5-6,11H2,1-2H3,(H,22,25). The molecule has 0 aliphatic carbocycles. The van der Waals surface area contributed by atoms with Gasteiger partial charge in [-0.3, -0.25) is 4.79 Å². The maximum atomic E-state index is 12.0. The number of amides is 1. The summed E-state index contributed by atoms with van der Waals surface area (Å²) in [5, 5.41) is 3.87. The number of fused-ring (bicyclic) bond motifs is 1. The Morgan fingerprint density at radius 2 is 2.04 bits per heavy atom.